The molecule has 0 aliphatic carbocycles. The molecule has 0 saturated heterocycles. The van der Waals surface area contributed by atoms with Crippen LogP contribution in [0.4, 0.5) is 0 Å². The Hall–Kier alpha value is -0.570. The van der Waals surface area contributed by atoms with Gasteiger partial charge in [-0.25, -0.2) is 0 Å². The fourth-order valence-electron chi connectivity index (χ4n) is 0.805. The summed E-state index contributed by atoms with van der Waals surface area (Å²) in [5.74, 6) is -0.135. The summed E-state index contributed by atoms with van der Waals surface area (Å²) in [7, 11) is 0. The van der Waals surface area contributed by atoms with Gasteiger partial charge in [0.1, 0.15) is 6.10 Å². The third-order valence-electron chi connectivity index (χ3n) is 1.34. The Kier molecular flexibility index (Phi) is 6.76. The summed E-state index contributed by atoms with van der Waals surface area (Å²) in [4.78, 5) is 10.9. The van der Waals surface area contributed by atoms with E-state index in [-0.39, 0.29) is 12.1 Å². The number of carbonyl (C=O) groups is 1. The van der Waals surface area contributed by atoms with E-state index in [4.69, 9.17) is 9.47 Å². The van der Waals surface area contributed by atoms with Crippen LogP contribution in [0.25, 0.3) is 0 Å². The molecule has 0 aromatic rings. The summed E-state index contributed by atoms with van der Waals surface area (Å²) in [6, 6.07) is 0. The standard InChI is InChI=1S/C9H18O3/c1-4-6-9(10)12-8(3)7-11-5-2/h8H,4-7H2,1-3H3. The maximum absolute atomic E-state index is 10.9. The predicted molar refractivity (Wildman–Crippen MR) is 47.0 cm³/mol. The van der Waals surface area contributed by atoms with E-state index in [0.29, 0.717) is 19.6 Å². The van der Waals surface area contributed by atoms with Gasteiger partial charge >= 0.3 is 5.97 Å². The van der Waals surface area contributed by atoms with Crippen molar-refractivity contribution in [3.8, 4) is 0 Å². The average Bonchev–Trinajstić information content (AvgIpc) is 2.01. The van der Waals surface area contributed by atoms with Crippen LogP contribution in [0, 0.1) is 0 Å². The molecule has 0 heterocycles. The van der Waals surface area contributed by atoms with Crippen LogP contribution in [0.2, 0.25) is 0 Å². The smallest absolute Gasteiger partial charge is 0.306 e. The first-order chi connectivity index (χ1) is 5.70. The maximum Gasteiger partial charge on any atom is 0.306 e. The van der Waals surface area contributed by atoms with E-state index in [1.54, 1.807) is 0 Å². The van der Waals surface area contributed by atoms with Gasteiger partial charge in [0.2, 0.25) is 0 Å². The average molecular weight is 174 g/mol. The highest BCUT2D eigenvalue weighted by Gasteiger charge is 2.07. The van der Waals surface area contributed by atoms with Crippen molar-refractivity contribution in [2.24, 2.45) is 0 Å². The van der Waals surface area contributed by atoms with Gasteiger partial charge in [-0.05, 0) is 20.3 Å². The van der Waals surface area contributed by atoms with Gasteiger partial charge in [0.25, 0.3) is 0 Å². The van der Waals surface area contributed by atoms with Crippen LogP contribution < -0.4 is 0 Å². The minimum absolute atomic E-state index is 0.121. The van der Waals surface area contributed by atoms with E-state index in [1.807, 2.05) is 20.8 Å². The van der Waals surface area contributed by atoms with Crippen LogP contribution in [-0.2, 0) is 14.3 Å². The first-order valence-electron chi connectivity index (χ1n) is 4.47. The van der Waals surface area contributed by atoms with Crippen molar-refractivity contribution in [2.75, 3.05) is 13.2 Å². The Morgan fingerprint density at radius 2 is 2.08 bits per heavy atom. The first kappa shape index (κ1) is 11.4. The van der Waals surface area contributed by atoms with Crippen molar-refractivity contribution in [3.63, 3.8) is 0 Å². The van der Waals surface area contributed by atoms with Crippen LogP contribution >= 0.6 is 0 Å². The highest BCUT2D eigenvalue weighted by molar-refractivity contribution is 5.69. The lowest BCUT2D eigenvalue weighted by Gasteiger charge is -2.12. The minimum atomic E-state index is -0.135. The molecule has 0 bridgehead atoms. The quantitative estimate of drug-likeness (QED) is 0.575. The van der Waals surface area contributed by atoms with Crippen LogP contribution in [0.15, 0.2) is 0 Å². The molecule has 0 spiro atoms. The Labute approximate surface area is 74.0 Å². The lowest BCUT2D eigenvalue weighted by atomic mass is 10.3. The number of hydrogen-bond donors (Lipinski definition) is 0. The van der Waals surface area contributed by atoms with Gasteiger partial charge in [-0.15, -0.1) is 0 Å². The molecule has 0 aliphatic heterocycles. The van der Waals surface area contributed by atoms with Crippen molar-refractivity contribution < 1.29 is 14.3 Å². The molecule has 3 heteroatoms. The second kappa shape index (κ2) is 7.10. The zero-order chi connectivity index (χ0) is 9.40. The number of esters is 1. The normalized spacial score (nSPS) is 12.6. The van der Waals surface area contributed by atoms with Crippen molar-refractivity contribution in [1.29, 1.82) is 0 Å². The van der Waals surface area contributed by atoms with Crippen LogP contribution in [0.1, 0.15) is 33.6 Å². The minimum Gasteiger partial charge on any atom is -0.460 e. The highest BCUT2D eigenvalue weighted by Crippen LogP contribution is 1.97. The summed E-state index contributed by atoms with van der Waals surface area (Å²) in [5, 5.41) is 0. The monoisotopic (exact) mass is 174 g/mol. The fourth-order valence-corrected chi connectivity index (χ4v) is 0.805. The van der Waals surface area contributed by atoms with Crippen molar-refractivity contribution in [1.82, 2.24) is 0 Å². The summed E-state index contributed by atoms with van der Waals surface area (Å²) in [6.07, 6.45) is 1.21. The van der Waals surface area contributed by atoms with Crippen molar-refractivity contribution in [2.45, 2.75) is 39.7 Å². The second-order valence-corrected chi connectivity index (χ2v) is 2.71. The molecular weight excluding hydrogens is 156 g/mol. The Bertz CT molecular complexity index is 123. The number of carbonyl (C=O) groups excluding carboxylic acids is 1. The summed E-state index contributed by atoms with van der Waals surface area (Å²) >= 11 is 0. The molecule has 12 heavy (non-hydrogen) atoms. The second-order valence-electron chi connectivity index (χ2n) is 2.71. The Morgan fingerprint density at radius 1 is 1.42 bits per heavy atom. The predicted octanol–water partition coefficient (Wildman–Crippen LogP) is 1.75. The molecule has 0 aliphatic rings. The van der Waals surface area contributed by atoms with E-state index in [0.717, 1.165) is 6.42 Å². The third-order valence-corrected chi connectivity index (χ3v) is 1.34. The summed E-state index contributed by atoms with van der Waals surface area (Å²) in [6.45, 7) is 6.86. The number of rotatable bonds is 6. The van der Waals surface area contributed by atoms with E-state index in [1.165, 1.54) is 0 Å². The maximum atomic E-state index is 10.9. The molecule has 0 amide bonds. The molecule has 1 atom stereocenters. The largest absolute Gasteiger partial charge is 0.460 e. The molecule has 0 aromatic heterocycles. The molecule has 0 radical (unpaired) electrons. The van der Waals surface area contributed by atoms with Crippen LogP contribution in [0.3, 0.4) is 0 Å². The van der Waals surface area contributed by atoms with E-state index < -0.39 is 0 Å². The fraction of sp³-hybridized carbons (Fsp3) is 0.889. The third kappa shape index (κ3) is 6.16. The molecule has 72 valence electrons. The molecule has 3 nitrogen and oxygen atoms in total. The zero-order valence-corrected chi connectivity index (χ0v) is 8.13. The lowest BCUT2D eigenvalue weighted by Crippen LogP contribution is -2.20. The molecule has 0 N–H and O–H groups in total. The van der Waals surface area contributed by atoms with Gasteiger partial charge in [0.05, 0.1) is 6.61 Å². The van der Waals surface area contributed by atoms with Crippen molar-refractivity contribution >= 4 is 5.97 Å². The van der Waals surface area contributed by atoms with Gasteiger partial charge in [0, 0.05) is 13.0 Å². The van der Waals surface area contributed by atoms with E-state index in [2.05, 4.69) is 0 Å². The van der Waals surface area contributed by atoms with Gasteiger partial charge in [-0.2, -0.15) is 0 Å². The molecule has 1 unspecified atom stereocenters. The van der Waals surface area contributed by atoms with E-state index in [9.17, 15) is 4.79 Å². The number of hydrogen-bond acceptors (Lipinski definition) is 3. The van der Waals surface area contributed by atoms with Gasteiger partial charge in [-0.1, -0.05) is 6.92 Å². The topological polar surface area (TPSA) is 35.5 Å². The molecule has 0 fully saturated rings. The summed E-state index contributed by atoms with van der Waals surface area (Å²) in [5.41, 5.74) is 0. The lowest BCUT2D eigenvalue weighted by molar-refractivity contribution is -0.150. The molecular formula is C9H18O3. The molecule has 0 rings (SSSR count). The Morgan fingerprint density at radius 3 is 2.58 bits per heavy atom. The first-order valence-corrected chi connectivity index (χ1v) is 4.47. The molecule has 0 aromatic carbocycles. The van der Waals surface area contributed by atoms with Crippen LogP contribution in [0.5, 0.6) is 0 Å². The van der Waals surface area contributed by atoms with Crippen LogP contribution in [-0.4, -0.2) is 25.3 Å². The van der Waals surface area contributed by atoms with Gasteiger partial charge < -0.3 is 9.47 Å². The SMILES string of the molecule is CCCC(=O)OC(C)COCC. The molecule has 0 saturated carbocycles. The Balaban J connectivity index is 3.40. The zero-order valence-electron chi connectivity index (χ0n) is 8.13. The van der Waals surface area contributed by atoms with Gasteiger partial charge in [0.15, 0.2) is 0 Å². The van der Waals surface area contributed by atoms with Crippen molar-refractivity contribution in [3.05, 3.63) is 0 Å². The van der Waals surface area contributed by atoms with E-state index >= 15 is 0 Å². The van der Waals surface area contributed by atoms with Gasteiger partial charge in [-0.3, -0.25) is 4.79 Å². The number of ether oxygens (including phenoxy) is 2. The highest BCUT2D eigenvalue weighted by atomic mass is 16.6. The summed E-state index contributed by atoms with van der Waals surface area (Å²) < 4.78 is 10.1.